The molecule has 25 heavy (non-hydrogen) atoms. The Balaban J connectivity index is 1.95. The molecule has 0 aliphatic rings. The molecule has 1 unspecified atom stereocenters. The highest BCUT2D eigenvalue weighted by atomic mass is 35.5. The van der Waals surface area contributed by atoms with Gasteiger partial charge in [0, 0.05) is 6.08 Å². The lowest BCUT2D eigenvalue weighted by atomic mass is 10.2. The van der Waals surface area contributed by atoms with E-state index in [0.29, 0.717) is 15.6 Å². The van der Waals surface area contributed by atoms with Crippen molar-refractivity contribution < 1.29 is 18.7 Å². The molecule has 0 aliphatic carbocycles. The number of carbonyl (C=O) groups excluding carboxylic acids is 2. The Morgan fingerprint density at radius 2 is 1.88 bits per heavy atom. The molecule has 0 aromatic heterocycles. The zero-order chi connectivity index (χ0) is 18.4. The van der Waals surface area contributed by atoms with Crippen molar-refractivity contribution in [2.45, 2.75) is 13.0 Å². The van der Waals surface area contributed by atoms with Gasteiger partial charge in [-0.25, -0.2) is 9.18 Å². The normalized spacial score (nSPS) is 12.0. The lowest BCUT2D eigenvalue weighted by Crippen LogP contribution is -2.29. The zero-order valence-electron chi connectivity index (χ0n) is 13.1. The molecule has 2 rings (SSSR count). The van der Waals surface area contributed by atoms with Gasteiger partial charge in [-0.05, 0) is 36.8 Å². The number of nitrogens with one attached hydrogen (secondary N) is 1. The maximum absolute atomic E-state index is 13.5. The Bertz CT molecular complexity index is 824. The lowest BCUT2D eigenvalue weighted by Gasteiger charge is -2.12. The molecule has 4 nitrogen and oxygen atoms in total. The van der Waals surface area contributed by atoms with Crippen LogP contribution in [0.25, 0.3) is 6.08 Å². The summed E-state index contributed by atoms with van der Waals surface area (Å²) in [6.07, 6.45) is 1.45. The average molecular weight is 382 g/mol. The summed E-state index contributed by atoms with van der Waals surface area (Å²) in [5.74, 6) is -1.97. The van der Waals surface area contributed by atoms with Crippen molar-refractivity contribution in [3.05, 3.63) is 70.0 Å². The maximum Gasteiger partial charge on any atom is 0.331 e. The fraction of sp³-hybridized carbons (Fsp3) is 0.111. The van der Waals surface area contributed by atoms with Crippen molar-refractivity contribution in [2.24, 2.45) is 0 Å². The van der Waals surface area contributed by atoms with Gasteiger partial charge in [-0.2, -0.15) is 0 Å². The van der Waals surface area contributed by atoms with Crippen molar-refractivity contribution in [2.75, 3.05) is 5.32 Å². The van der Waals surface area contributed by atoms with E-state index in [2.05, 4.69) is 5.32 Å². The molecule has 0 aliphatic heterocycles. The van der Waals surface area contributed by atoms with Crippen LogP contribution in [0.15, 0.2) is 48.5 Å². The monoisotopic (exact) mass is 381 g/mol. The Morgan fingerprint density at radius 1 is 1.16 bits per heavy atom. The van der Waals surface area contributed by atoms with Gasteiger partial charge in [-0.1, -0.05) is 47.5 Å². The van der Waals surface area contributed by atoms with Gasteiger partial charge >= 0.3 is 5.97 Å². The molecule has 0 saturated heterocycles. The van der Waals surface area contributed by atoms with Gasteiger partial charge in [0.1, 0.15) is 5.82 Å². The van der Waals surface area contributed by atoms with E-state index < -0.39 is 23.8 Å². The van der Waals surface area contributed by atoms with E-state index in [-0.39, 0.29) is 5.69 Å². The number of rotatable bonds is 5. The van der Waals surface area contributed by atoms with Crippen LogP contribution in [0.1, 0.15) is 12.5 Å². The third-order valence-corrected chi connectivity index (χ3v) is 4.01. The summed E-state index contributed by atoms with van der Waals surface area (Å²) in [4.78, 5) is 23.8. The summed E-state index contributed by atoms with van der Waals surface area (Å²) in [7, 11) is 0. The Labute approximate surface area is 154 Å². The zero-order valence-corrected chi connectivity index (χ0v) is 14.6. The van der Waals surface area contributed by atoms with Crippen LogP contribution in [-0.2, 0) is 14.3 Å². The number of hydrogen-bond acceptors (Lipinski definition) is 3. The van der Waals surface area contributed by atoms with Crippen molar-refractivity contribution >= 4 is 46.8 Å². The van der Waals surface area contributed by atoms with Crippen molar-refractivity contribution in [1.29, 1.82) is 0 Å². The Morgan fingerprint density at radius 3 is 2.60 bits per heavy atom. The summed E-state index contributed by atoms with van der Waals surface area (Å²) in [5.41, 5.74) is 0.547. The predicted octanol–water partition coefficient (Wildman–Crippen LogP) is 4.72. The number of anilines is 1. The van der Waals surface area contributed by atoms with E-state index in [1.165, 1.54) is 31.2 Å². The standard InChI is InChI=1S/C18H14Cl2FNO3/c1-11(18(24)22-15-8-3-2-7-14(15)21)25-16(23)10-9-12-5-4-6-13(19)17(12)20/h2-11H,1H3,(H,22,24)/b10-9+. The molecule has 0 spiro atoms. The van der Waals surface area contributed by atoms with Gasteiger partial charge < -0.3 is 10.1 Å². The van der Waals surface area contributed by atoms with Gasteiger partial charge in [-0.3, -0.25) is 4.79 Å². The number of carbonyl (C=O) groups is 2. The molecule has 2 aromatic rings. The molecule has 2 aromatic carbocycles. The first-order chi connectivity index (χ1) is 11.9. The van der Waals surface area contributed by atoms with Crippen LogP contribution >= 0.6 is 23.2 Å². The second kappa shape index (κ2) is 8.65. The summed E-state index contributed by atoms with van der Waals surface area (Å²) < 4.78 is 18.5. The number of para-hydroxylation sites is 1. The highest BCUT2D eigenvalue weighted by molar-refractivity contribution is 6.42. The minimum Gasteiger partial charge on any atom is -0.449 e. The fourth-order valence-electron chi connectivity index (χ4n) is 1.87. The molecular weight excluding hydrogens is 368 g/mol. The van der Waals surface area contributed by atoms with Crippen molar-refractivity contribution in [1.82, 2.24) is 0 Å². The smallest absolute Gasteiger partial charge is 0.331 e. The molecule has 0 saturated carbocycles. The first-order valence-corrected chi connectivity index (χ1v) is 8.02. The quantitative estimate of drug-likeness (QED) is 0.602. The number of esters is 1. The SMILES string of the molecule is CC(OC(=O)/C=C/c1cccc(Cl)c1Cl)C(=O)Nc1ccccc1F. The number of ether oxygens (including phenoxy) is 1. The number of amides is 1. The van der Waals surface area contributed by atoms with E-state index in [9.17, 15) is 14.0 Å². The van der Waals surface area contributed by atoms with Crippen LogP contribution in [0.2, 0.25) is 10.0 Å². The van der Waals surface area contributed by atoms with Crippen molar-refractivity contribution in [3.8, 4) is 0 Å². The second-order valence-corrected chi connectivity index (χ2v) is 5.81. The van der Waals surface area contributed by atoms with Crippen LogP contribution in [0, 0.1) is 5.82 Å². The maximum atomic E-state index is 13.5. The highest BCUT2D eigenvalue weighted by Gasteiger charge is 2.17. The molecule has 0 fully saturated rings. The molecular formula is C18H14Cl2FNO3. The third-order valence-electron chi connectivity index (χ3n) is 3.17. The highest BCUT2D eigenvalue weighted by Crippen LogP contribution is 2.26. The van der Waals surface area contributed by atoms with Gasteiger partial charge in [0.25, 0.3) is 5.91 Å². The molecule has 0 heterocycles. The first kappa shape index (κ1) is 19.0. The van der Waals surface area contributed by atoms with Gasteiger partial charge in [0.15, 0.2) is 6.10 Å². The molecule has 1 atom stereocenters. The van der Waals surface area contributed by atoms with E-state index in [0.717, 1.165) is 6.08 Å². The van der Waals surface area contributed by atoms with Crippen LogP contribution < -0.4 is 5.32 Å². The van der Waals surface area contributed by atoms with E-state index >= 15 is 0 Å². The van der Waals surface area contributed by atoms with Gasteiger partial charge in [0.05, 0.1) is 15.7 Å². The number of halogens is 3. The number of benzene rings is 2. The first-order valence-electron chi connectivity index (χ1n) is 7.26. The van der Waals surface area contributed by atoms with Crippen LogP contribution in [0.3, 0.4) is 0 Å². The minimum atomic E-state index is -1.11. The van der Waals surface area contributed by atoms with E-state index in [1.54, 1.807) is 24.3 Å². The summed E-state index contributed by atoms with van der Waals surface area (Å²) >= 11 is 11.9. The molecule has 0 bridgehead atoms. The number of hydrogen-bond donors (Lipinski definition) is 1. The molecule has 1 N–H and O–H groups in total. The molecule has 130 valence electrons. The van der Waals surface area contributed by atoms with Crippen molar-refractivity contribution in [3.63, 3.8) is 0 Å². The van der Waals surface area contributed by atoms with Crippen LogP contribution in [0.5, 0.6) is 0 Å². The van der Waals surface area contributed by atoms with Gasteiger partial charge in [-0.15, -0.1) is 0 Å². The summed E-state index contributed by atoms with van der Waals surface area (Å²) in [6, 6.07) is 10.7. The van der Waals surface area contributed by atoms with Gasteiger partial charge in [0.2, 0.25) is 0 Å². The lowest BCUT2D eigenvalue weighted by molar-refractivity contribution is -0.148. The topological polar surface area (TPSA) is 55.4 Å². The largest absolute Gasteiger partial charge is 0.449 e. The van der Waals surface area contributed by atoms with Crippen LogP contribution in [-0.4, -0.2) is 18.0 Å². The Kier molecular flexibility index (Phi) is 6.56. The summed E-state index contributed by atoms with van der Waals surface area (Å²) in [5, 5.41) is 3.01. The average Bonchev–Trinajstić information content (AvgIpc) is 2.58. The second-order valence-electron chi connectivity index (χ2n) is 5.02. The van der Waals surface area contributed by atoms with Crippen LogP contribution in [0.4, 0.5) is 10.1 Å². The van der Waals surface area contributed by atoms with E-state index in [1.807, 2.05) is 0 Å². The summed E-state index contributed by atoms with van der Waals surface area (Å²) in [6.45, 7) is 1.38. The fourth-order valence-corrected chi connectivity index (χ4v) is 2.24. The predicted molar refractivity (Wildman–Crippen MR) is 96.1 cm³/mol. The van der Waals surface area contributed by atoms with E-state index in [4.69, 9.17) is 27.9 Å². The Hall–Kier alpha value is -2.37. The minimum absolute atomic E-state index is 0.0108. The third kappa shape index (κ3) is 5.31. The molecule has 1 amide bonds. The molecule has 7 heteroatoms. The molecule has 0 radical (unpaired) electrons.